The van der Waals surface area contributed by atoms with Gasteiger partial charge >= 0.3 is 0 Å². The molecule has 0 aliphatic heterocycles. The summed E-state index contributed by atoms with van der Waals surface area (Å²) in [6.07, 6.45) is 0. The number of hydrogen-bond acceptors (Lipinski definition) is 1. The van der Waals surface area contributed by atoms with Crippen LogP contribution in [-0.2, 0) is 4.12 Å². The van der Waals surface area contributed by atoms with E-state index >= 15 is 0 Å². The minimum absolute atomic E-state index is 0. The Labute approximate surface area is 79.0 Å². The maximum absolute atomic E-state index is 5.90. The summed E-state index contributed by atoms with van der Waals surface area (Å²) >= 11 is 0. The van der Waals surface area contributed by atoms with Gasteiger partial charge in [0.15, 0.2) is 16.6 Å². The van der Waals surface area contributed by atoms with Crippen molar-refractivity contribution in [3.63, 3.8) is 0 Å². The number of hydrogen-bond donors (Lipinski definition) is 0. The SMILES string of the molecule is C[Si](C)(C)O[Si](C)(C)C.[Li]. The first kappa shape index (κ1) is 13.6. The van der Waals surface area contributed by atoms with Crippen molar-refractivity contribution in [2.24, 2.45) is 0 Å². The van der Waals surface area contributed by atoms with Crippen LogP contribution in [0.15, 0.2) is 0 Å². The second kappa shape index (κ2) is 4.13. The van der Waals surface area contributed by atoms with Crippen molar-refractivity contribution in [2.45, 2.75) is 39.3 Å². The average molecular weight is 169 g/mol. The van der Waals surface area contributed by atoms with E-state index in [1.54, 1.807) is 0 Å². The fourth-order valence-electron chi connectivity index (χ4n) is 0.919. The molecule has 1 nitrogen and oxygen atoms in total. The molecular formula is C6H18LiOSi2. The van der Waals surface area contributed by atoms with Crippen LogP contribution in [0.25, 0.3) is 0 Å². The Morgan fingerprint density at radius 1 is 0.700 bits per heavy atom. The first-order valence-electron chi connectivity index (χ1n) is 3.41. The number of rotatable bonds is 2. The summed E-state index contributed by atoms with van der Waals surface area (Å²) in [6, 6.07) is 0. The molecule has 0 unspecified atom stereocenters. The summed E-state index contributed by atoms with van der Waals surface area (Å²) in [4.78, 5) is 0. The van der Waals surface area contributed by atoms with Gasteiger partial charge in [-0.2, -0.15) is 0 Å². The van der Waals surface area contributed by atoms with Gasteiger partial charge in [-0.15, -0.1) is 0 Å². The normalized spacial score (nSPS) is 12.6. The van der Waals surface area contributed by atoms with Crippen molar-refractivity contribution in [1.82, 2.24) is 0 Å². The van der Waals surface area contributed by atoms with Crippen molar-refractivity contribution >= 4 is 35.5 Å². The molecule has 0 aromatic carbocycles. The Bertz CT molecular complexity index is 80.9. The maximum Gasteiger partial charge on any atom is 0.170 e. The van der Waals surface area contributed by atoms with Crippen LogP contribution >= 0.6 is 0 Å². The molecule has 0 amide bonds. The first-order valence-corrected chi connectivity index (χ1v) is 10.2. The van der Waals surface area contributed by atoms with Gasteiger partial charge in [0, 0.05) is 18.9 Å². The molecule has 0 atom stereocenters. The van der Waals surface area contributed by atoms with E-state index in [0.29, 0.717) is 0 Å². The van der Waals surface area contributed by atoms with E-state index in [2.05, 4.69) is 39.3 Å². The standard InChI is InChI=1S/C6H18OSi2.Li/c1-8(2,3)7-9(4,5)6;/h1-6H3;. The molecule has 0 aliphatic carbocycles. The average Bonchev–Trinajstić information content (AvgIpc) is 1.14. The van der Waals surface area contributed by atoms with E-state index in [-0.39, 0.29) is 18.9 Å². The summed E-state index contributed by atoms with van der Waals surface area (Å²) in [5, 5.41) is 0. The minimum atomic E-state index is -1.23. The van der Waals surface area contributed by atoms with Crippen molar-refractivity contribution < 1.29 is 4.12 Å². The zero-order valence-corrected chi connectivity index (χ0v) is 10.4. The molecule has 10 heavy (non-hydrogen) atoms. The third-order valence-corrected chi connectivity index (χ3v) is 5.51. The second-order valence-electron chi connectivity index (χ2n) is 4.33. The summed E-state index contributed by atoms with van der Waals surface area (Å²) in [5.74, 6) is 0. The molecule has 57 valence electrons. The van der Waals surface area contributed by atoms with Gasteiger partial charge in [-0.05, 0) is 39.3 Å². The topological polar surface area (TPSA) is 9.23 Å². The Hall–Kier alpha value is 0.991. The van der Waals surface area contributed by atoms with E-state index in [4.69, 9.17) is 4.12 Å². The predicted octanol–water partition coefficient (Wildman–Crippen LogP) is 2.29. The molecule has 0 aromatic rings. The molecule has 0 aliphatic rings. The molecule has 4 heteroatoms. The Kier molecular flexibility index (Phi) is 5.60. The van der Waals surface area contributed by atoms with Gasteiger partial charge in [-0.1, -0.05) is 0 Å². The van der Waals surface area contributed by atoms with Gasteiger partial charge in [-0.3, -0.25) is 0 Å². The summed E-state index contributed by atoms with van der Waals surface area (Å²) in [6.45, 7) is 13.4. The van der Waals surface area contributed by atoms with Gasteiger partial charge in [0.05, 0.1) is 0 Å². The van der Waals surface area contributed by atoms with Crippen molar-refractivity contribution in [1.29, 1.82) is 0 Å². The molecule has 0 saturated heterocycles. The van der Waals surface area contributed by atoms with Crippen LogP contribution in [0, 0.1) is 0 Å². The smallest absolute Gasteiger partial charge is 0.170 e. The van der Waals surface area contributed by atoms with Crippen molar-refractivity contribution in [2.75, 3.05) is 0 Å². The van der Waals surface area contributed by atoms with Crippen LogP contribution in [0.4, 0.5) is 0 Å². The summed E-state index contributed by atoms with van der Waals surface area (Å²) in [7, 11) is -2.46. The monoisotopic (exact) mass is 169 g/mol. The minimum Gasteiger partial charge on any atom is -0.456 e. The van der Waals surface area contributed by atoms with Gasteiger partial charge in [-0.25, -0.2) is 0 Å². The molecule has 0 N–H and O–H groups in total. The largest absolute Gasteiger partial charge is 0.456 e. The van der Waals surface area contributed by atoms with E-state index < -0.39 is 16.6 Å². The Balaban J connectivity index is 0. The molecule has 1 radical (unpaired) electrons. The molecular weight excluding hydrogens is 151 g/mol. The van der Waals surface area contributed by atoms with Gasteiger partial charge < -0.3 is 4.12 Å². The molecule has 0 saturated carbocycles. The van der Waals surface area contributed by atoms with Crippen LogP contribution in [0.1, 0.15) is 0 Å². The molecule has 0 heterocycles. The first-order chi connectivity index (χ1) is 3.71. The van der Waals surface area contributed by atoms with Crippen LogP contribution in [0.5, 0.6) is 0 Å². The molecule has 0 fully saturated rings. The van der Waals surface area contributed by atoms with Gasteiger partial charge in [0.2, 0.25) is 0 Å². The predicted molar refractivity (Wildman–Crippen MR) is 53.5 cm³/mol. The third kappa shape index (κ3) is 11.7. The maximum atomic E-state index is 5.90. The zero-order chi connectivity index (χ0) is 7.71. The molecule has 0 bridgehead atoms. The van der Waals surface area contributed by atoms with Crippen LogP contribution in [0.2, 0.25) is 39.3 Å². The van der Waals surface area contributed by atoms with E-state index in [9.17, 15) is 0 Å². The van der Waals surface area contributed by atoms with Crippen LogP contribution < -0.4 is 0 Å². The van der Waals surface area contributed by atoms with E-state index in [0.717, 1.165) is 0 Å². The van der Waals surface area contributed by atoms with Crippen LogP contribution in [0.3, 0.4) is 0 Å². The van der Waals surface area contributed by atoms with Crippen molar-refractivity contribution in [3.05, 3.63) is 0 Å². The van der Waals surface area contributed by atoms with Gasteiger partial charge in [0.25, 0.3) is 0 Å². The summed E-state index contributed by atoms with van der Waals surface area (Å²) in [5.41, 5.74) is 0. The van der Waals surface area contributed by atoms with E-state index in [1.807, 2.05) is 0 Å². The molecule has 0 aromatic heterocycles. The van der Waals surface area contributed by atoms with E-state index in [1.165, 1.54) is 0 Å². The van der Waals surface area contributed by atoms with Crippen LogP contribution in [-0.4, -0.2) is 35.5 Å². The Morgan fingerprint density at radius 2 is 0.900 bits per heavy atom. The fourth-order valence-corrected chi connectivity index (χ4v) is 8.27. The quantitative estimate of drug-likeness (QED) is 0.576. The van der Waals surface area contributed by atoms with Gasteiger partial charge in [0.1, 0.15) is 0 Å². The second-order valence-corrected chi connectivity index (χ2v) is 13.6. The zero-order valence-electron chi connectivity index (χ0n) is 8.41. The molecule has 0 rings (SSSR count). The molecule has 0 spiro atoms. The van der Waals surface area contributed by atoms with Crippen molar-refractivity contribution in [3.8, 4) is 0 Å². The Morgan fingerprint density at radius 3 is 0.900 bits per heavy atom. The third-order valence-electron chi connectivity index (χ3n) is 0.612. The summed E-state index contributed by atoms with van der Waals surface area (Å²) < 4.78 is 5.90. The fraction of sp³-hybridized carbons (Fsp3) is 1.00.